The second-order valence-corrected chi connectivity index (χ2v) is 19.9. The number of nitrogens with zero attached hydrogens (tertiary/aromatic N) is 6. The van der Waals surface area contributed by atoms with Crippen molar-refractivity contribution >= 4 is 55.2 Å². The molecule has 22 heteroatoms. The van der Waals surface area contributed by atoms with E-state index in [4.69, 9.17) is 22.3 Å². The first kappa shape index (κ1) is 43.7. The van der Waals surface area contributed by atoms with Crippen molar-refractivity contribution in [2.75, 3.05) is 4.72 Å². The molecule has 1 unspecified atom stereocenters. The Balaban J connectivity index is 1.40. The van der Waals surface area contributed by atoms with Crippen LogP contribution in [-0.4, -0.2) is 55.1 Å². The van der Waals surface area contributed by atoms with Gasteiger partial charge in [0.05, 0.1) is 43.7 Å². The van der Waals surface area contributed by atoms with Crippen molar-refractivity contribution in [3.63, 3.8) is 0 Å². The average molecular weight is 937 g/mol. The van der Waals surface area contributed by atoms with Crippen molar-refractivity contribution in [3.8, 4) is 5.69 Å². The molecule has 64 heavy (non-hydrogen) atoms. The second-order valence-electron chi connectivity index (χ2n) is 17.6. The highest BCUT2D eigenvalue weighted by Gasteiger charge is 2.68. The van der Waals surface area contributed by atoms with Crippen LogP contribution in [-0.2, 0) is 39.1 Å². The fraction of sp³-hybridized carbons (Fsp3) is 0.405. The van der Waals surface area contributed by atoms with Gasteiger partial charge in [0.1, 0.15) is 41.4 Å². The molecule has 0 spiro atoms. The molecule has 0 saturated heterocycles. The van der Waals surface area contributed by atoms with Gasteiger partial charge in [-0.3, -0.25) is 23.6 Å². The number of hydrogen-bond acceptors (Lipinski definition) is 7. The molecule has 338 valence electrons. The van der Waals surface area contributed by atoms with Crippen LogP contribution in [0.2, 0.25) is 5.02 Å². The van der Waals surface area contributed by atoms with Crippen LogP contribution >= 0.6 is 11.6 Å². The number of amides is 1. The first-order chi connectivity index (χ1) is 30.0. The zero-order valence-corrected chi connectivity index (χ0v) is 35.5. The first-order valence-electron chi connectivity index (χ1n) is 20.1. The van der Waals surface area contributed by atoms with E-state index >= 15 is 13.6 Å². The number of hydrogen-bond donors (Lipinski definition) is 2. The number of carbonyl (C=O) groups excluding carboxylic acids is 1. The SMILES string of the molecule is CC(C)(C)c1ccc2c(=O)n(-c3ccc(Cl)c4c(NS(=O)(=O)C5CC5)nn(CC(F)F)c34)c([C@@H](Cc3cc(F)cc(F)c3)C(C(N)=O)n3nc(C(F)F)c4c3C(F)(F)[C@@H]3C[C@H]43)nc2c1. The smallest absolute Gasteiger partial charge is 0.293 e. The molecule has 3 aliphatic carbocycles. The maximum atomic E-state index is 16.3. The van der Waals surface area contributed by atoms with Crippen molar-refractivity contribution in [2.45, 2.75) is 100 Å². The molecule has 2 fully saturated rings. The van der Waals surface area contributed by atoms with Gasteiger partial charge < -0.3 is 5.73 Å². The van der Waals surface area contributed by atoms with Gasteiger partial charge >= 0.3 is 0 Å². The van der Waals surface area contributed by atoms with E-state index in [1.807, 2.05) is 20.8 Å². The maximum absolute atomic E-state index is 16.3. The zero-order chi connectivity index (χ0) is 46.1. The molecule has 6 aromatic rings. The number of sulfonamides is 1. The number of rotatable bonds is 13. The molecule has 3 aromatic carbocycles. The largest absolute Gasteiger partial charge is 0.368 e. The summed E-state index contributed by atoms with van der Waals surface area (Å²) in [6.45, 7) is 4.38. The fourth-order valence-electron chi connectivity index (χ4n) is 8.96. The van der Waals surface area contributed by atoms with Crippen LogP contribution in [0, 0.1) is 17.6 Å². The number of alkyl halides is 6. The minimum Gasteiger partial charge on any atom is -0.368 e. The van der Waals surface area contributed by atoms with Gasteiger partial charge in [0, 0.05) is 17.5 Å². The Labute approximate surface area is 363 Å². The highest BCUT2D eigenvalue weighted by atomic mass is 35.5. The Morgan fingerprint density at radius 1 is 1.02 bits per heavy atom. The molecule has 3 N–H and O–H groups in total. The van der Waals surface area contributed by atoms with Crippen molar-refractivity contribution < 1.29 is 48.3 Å². The third-order valence-electron chi connectivity index (χ3n) is 12.1. The van der Waals surface area contributed by atoms with Crippen LogP contribution in [0.25, 0.3) is 27.5 Å². The van der Waals surface area contributed by atoms with Gasteiger partial charge in [-0.1, -0.05) is 38.4 Å². The van der Waals surface area contributed by atoms with Crippen molar-refractivity contribution in [1.82, 2.24) is 29.1 Å². The number of anilines is 1. The molecule has 4 atom stereocenters. The summed E-state index contributed by atoms with van der Waals surface area (Å²) in [5.74, 6) is -12.8. The van der Waals surface area contributed by atoms with Crippen molar-refractivity contribution in [2.24, 2.45) is 11.7 Å². The van der Waals surface area contributed by atoms with E-state index in [-0.39, 0.29) is 44.5 Å². The number of benzene rings is 3. The van der Waals surface area contributed by atoms with E-state index in [1.54, 1.807) is 6.07 Å². The number of carbonyl (C=O) groups is 1. The Kier molecular flexibility index (Phi) is 10.2. The van der Waals surface area contributed by atoms with E-state index in [0.717, 1.165) is 16.7 Å². The lowest BCUT2D eigenvalue weighted by atomic mass is 9.86. The van der Waals surface area contributed by atoms with E-state index in [9.17, 15) is 39.6 Å². The molecular formula is C42H37ClF8N8O4S. The van der Waals surface area contributed by atoms with Crippen LogP contribution in [0.1, 0.15) is 98.2 Å². The van der Waals surface area contributed by atoms with Gasteiger partial charge in [0.15, 0.2) is 5.82 Å². The molecule has 1 amide bonds. The number of nitrogens with two attached hydrogens (primary N) is 1. The minimum absolute atomic E-state index is 0.0444. The summed E-state index contributed by atoms with van der Waals surface area (Å²) in [6, 6.07) is 6.99. The van der Waals surface area contributed by atoms with Gasteiger partial charge in [-0.2, -0.15) is 19.0 Å². The Hall–Kier alpha value is -5.57. The molecule has 0 aliphatic heterocycles. The Morgan fingerprint density at radius 3 is 2.31 bits per heavy atom. The highest BCUT2D eigenvalue weighted by Crippen LogP contribution is 2.68. The maximum Gasteiger partial charge on any atom is 0.293 e. The zero-order valence-electron chi connectivity index (χ0n) is 33.9. The molecular weight excluding hydrogens is 900 g/mol. The van der Waals surface area contributed by atoms with Crippen molar-refractivity contribution in [3.05, 3.63) is 109 Å². The molecule has 3 heterocycles. The minimum atomic E-state index is -4.12. The number of primary amides is 1. The van der Waals surface area contributed by atoms with E-state index in [0.29, 0.717) is 33.8 Å². The normalized spacial score (nSPS) is 19.1. The highest BCUT2D eigenvalue weighted by molar-refractivity contribution is 7.93. The van der Waals surface area contributed by atoms with Gasteiger partial charge in [-0.05, 0) is 84.5 Å². The number of halogens is 9. The lowest BCUT2D eigenvalue weighted by Gasteiger charge is -2.30. The quantitative estimate of drug-likeness (QED) is 0.110. The summed E-state index contributed by atoms with van der Waals surface area (Å²) in [4.78, 5) is 34.1. The third kappa shape index (κ3) is 7.27. The monoisotopic (exact) mass is 936 g/mol. The predicted octanol–water partition coefficient (Wildman–Crippen LogP) is 8.53. The summed E-state index contributed by atoms with van der Waals surface area (Å²) < 4.78 is 151. The molecule has 3 aliphatic rings. The van der Waals surface area contributed by atoms with Crippen LogP contribution in [0.15, 0.2) is 53.3 Å². The lowest BCUT2D eigenvalue weighted by molar-refractivity contribution is -0.122. The number of fused-ring (bicyclic) bond motifs is 5. The lowest BCUT2D eigenvalue weighted by Crippen LogP contribution is -2.39. The molecule has 12 nitrogen and oxygen atoms in total. The van der Waals surface area contributed by atoms with Crippen LogP contribution in [0.3, 0.4) is 0 Å². The Morgan fingerprint density at radius 2 is 1.70 bits per heavy atom. The van der Waals surface area contributed by atoms with E-state index in [1.165, 1.54) is 24.3 Å². The van der Waals surface area contributed by atoms with Gasteiger partial charge in [-0.25, -0.2) is 44.4 Å². The third-order valence-corrected chi connectivity index (χ3v) is 14.2. The van der Waals surface area contributed by atoms with Crippen molar-refractivity contribution in [1.29, 1.82) is 0 Å². The summed E-state index contributed by atoms with van der Waals surface area (Å²) in [6.07, 6.45) is -6.78. The average Bonchev–Trinajstić information content (AvgIpc) is 4.11. The molecule has 0 radical (unpaired) electrons. The number of aromatic nitrogens is 6. The van der Waals surface area contributed by atoms with E-state index in [2.05, 4.69) is 14.9 Å². The van der Waals surface area contributed by atoms with Crippen LogP contribution in [0.4, 0.5) is 40.9 Å². The standard InChI is InChI=1S/C42H37ClF8N8O4S/c1-41(2,3)18-4-7-22-27(13-18)53-39(58(40(22)61)28-9-8-26(43)31-34(28)57(16-29(46)47)55-38(31)56-64(62,63)21-5-6-21)24(12-17-10-19(44)14-20(45)11-17)33(37(52)60)59-35-30(32(54-59)36(48)49)23-15-25(23)42(35,50)51/h4,7-11,13-14,21,23-25,29,33,36H,5-6,12,15-16H2,1-3H3,(H2,52,60)(H,55,56)/t23-,24-,25+,33?/m0/s1. The topological polar surface area (TPSA) is 160 Å². The molecule has 2 saturated carbocycles. The molecule has 3 aromatic heterocycles. The van der Waals surface area contributed by atoms with Gasteiger partial charge in [0.2, 0.25) is 15.9 Å². The number of nitrogens with one attached hydrogen (secondary N) is 1. The summed E-state index contributed by atoms with van der Waals surface area (Å²) in [7, 11) is -4.12. The molecule has 9 rings (SSSR count). The fourth-order valence-corrected chi connectivity index (χ4v) is 10.5. The summed E-state index contributed by atoms with van der Waals surface area (Å²) in [5, 5.41) is 6.68. The summed E-state index contributed by atoms with van der Waals surface area (Å²) in [5.41, 5.74) is 1.67. The first-order valence-corrected chi connectivity index (χ1v) is 22.0. The van der Waals surface area contributed by atoms with Crippen LogP contribution in [0.5, 0.6) is 0 Å². The van der Waals surface area contributed by atoms with Crippen LogP contribution < -0.4 is 16.0 Å². The Bertz CT molecular complexity index is 3090. The second kappa shape index (κ2) is 15.0. The molecule has 0 bridgehead atoms. The van der Waals surface area contributed by atoms with E-state index < -0.39 is 128 Å². The summed E-state index contributed by atoms with van der Waals surface area (Å²) >= 11 is 6.67. The van der Waals surface area contributed by atoms with Gasteiger partial charge in [-0.15, -0.1) is 0 Å². The van der Waals surface area contributed by atoms with Gasteiger partial charge in [0.25, 0.3) is 24.3 Å². The predicted molar refractivity (Wildman–Crippen MR) is 219 cm³/mol.